The van der Waals surface area contributed by atoms with Crippen molar-refractivity contribution >= 4 is 6.09 Å². The van der Waals surface area contributed by atoms with Gasteiger partial charge in [0.1, 0.15) is 5.60 Å². The van der Waals surface area contributed by atoms with Gasteiger partial charge in [-0.25, -0.2) is 4.79 Å². The molecule has 0 aromatic rings. The third kappa shape index (κ3) is 6.12. The molecule has 1 N–H and O–H groups in total. The first-order valence-corrected chi connectivity index (χ1v) is 7.72. The number of rotatable bonds is 5. The summed E-state index contributed by atoms with van der Waals surface area (Å²) in [6, 6.07) is 0. The highest BCUT2D eigenvalue weighted by atomic mass is 16.6. The highest BCUT2D eigenvalue weighted by molar-refractivity contribution is 5.69. The molecule has 1 aliphatic carbocycles. The first kappa shape index (κ1) is 17.3. The largest absolute Gasteiger partial charge is 0.444 e. The van der Waals surface area contributed by atoms with Crippen LogP contribution in [-0.4, -0.2) is 41.8 Å². The van der Waals surface area contributed by atoms with Gasteiger partial charge in [0.25, 0.3) is 0 Å². The number of nitrogens with zero attached hydrogens (tertiary/aromatic N) is 1. The Kier molecular flexibility index (Phi) is 5.47. The van der Waals surface area contributed by atoms with Crippen LogP contribution < -0.4 is 5.32 Å². The molecule has 1 aliphatic rings. The molecule has 0 aliphatic heterocycles. The van der Waals surface area contributed by atoms with Crippen molar-refractivity contribution in [1.82, 2.24) is 10.2 Å². The van der Waals surface area contributed by atoms with Crippen LogP contribution in [0.5, 0.6) is 0 Å². The van der Waals surface area contributed by atoms with E-state index < -0.39 is 5.60 Å². The molecule has 0 radical (unpaired) electrons. The molecule has 2 unspecified atom stereocenters. The van der Waals surface area contributed by atoms with Gasteiger partial charge in [-0.2, -0.15) is 0 Å². The standard InChI is InChI=1S/C16H32N2O2/c1-12-10-13(12)11-17-8-9-18(15(2,3)4)14(19)20-16(5,6)7/h12-13,17H,8-11H2,1-7H3. The van der Waals surface area contributed by atoms with Gasteiger partial charge < -0.3 is 15.0 Å². The van der Waals surface area contributed by atoms with Crippen LogP contribution in [-0.2, 0) is 4.74 Å². The van der Waals surface area contributed by atoms with Crippen LogP contribution in [0.4, 0.5) is 4.79 Å². The molecular weight excluding hydrogens is 252 g/mol. The van der Waals surface area contributed by atoms with E-state index in [1.807, 2.05) is 46.4 Å². The maximum absolute atomic E-state index is 12.3. The van der Waals surface area contributed by atoms with Crippen molar-refractivity contribution in [3.8, 4) is 0 Å². The highest BCUT2D eigenvalue weighted by Crippen LogP contribution is 2.36. The molecule has 0 aromatic heterocycles. The summed E-state index contributed by atoms with van der Waals surface area (Å²) in [7, 11) is 0. The van der Waals surface area contributed by atoms with E-state index in [2.05, 4.69) is 12.2 Å². The zero-order valence-corrected chi connectivity index (χ0v) is 14.2. The maximum Gasteiger partial charge on any atom is 0.410 e. The smallest absolute Gasteiger partial charge is 0.410 e. The summed E-state index contributed by atoms with van der Waals surface area (Å²) in [5.74, 6) is 1.70. The normalized spacial score (nSPS) is 22.6. The van der Waals surface area contributed by atoms with Crippen molar-refractivity contribution in [2.75, 3.05) is 19.6 Å². The number of hydrogen-bond acceptors (Lipinski definition) is 3. The minimum atomic E-state index is -0.447. The number of carbonyl (C=O) groups is 1. The Morgan fingerprint density at radius 3 is 2.20 bits per heavy atom. The van der Waals surface area contributed by atoms with E-state index in [1.165, 1.54) is 6.42 Å². The van der Waals surface area contributed by atoms with Gasteiger partial charge in [0, 0.05) is 18.6 Å². The monoisotopic (exact) mass is 284 g/mol. The van der Waals surface area contributed by atoms with Crippen LogP contribution in [0, 0.1) is 11.8 Å². The summed E-state index contributed by atoms with van der Waals surface area (Å²) in [6.07, 6.45) is 1.11. The average molecular weight is 284 g/mol. The van der Waals surface area contributed by atoms with Crippen LogP contribution in [0.2, 0.25) is 0 Å². The second kappa shape index (κ2) is 6.33. The number of ether oxygens (including phenoxy) is 1. The molecule has 118 valence electrons. The molecule has 1 rings (SSSR count). The minimum absolute atomic E-state index is 0.225. The van der Waals surface area contributed by atoms with Gasteiger partial charge >= 0.3 is 6.09 Å². The van der Waals surface area contributed by atoms with Gasteiger partial charge in [0.2, 0.25) is 0 Å². The Hall–Kier alpha value is -0.770. The summed E-state index contributed by atoms with van der Waals surface area (Å²) in [4.78, 5) is 14.1. The van der Waals surface area contributed by atoms with Crippen LogP contribution in [0.15, 0.2) is 0 Å². The van der Waals surface area contributed by atoms with Crippen molar-refractivity contribution in [2.24, 2.45) is 11.8 Å². The summed E-state index contributed by atoms with van der Waals surface area (Å²) in [5, 5.41) is 3.45. The Labute approximate surface area is 124 Å². The van der Waals surface area contributed by atoms with Gasteiger partial charge in [-0.05, 0) is 66.3 Å². The van der Waals surface area contributed by atoms with Crippen molar-refractivity contribution < 1.29 is 9.53 Å². The molecule has 1 amide bonds. The van der Waals surface area contributed by atoms with E-state index in [0.717, 1.165) is 24.9 Å². The lowest BCUT2D eigenvalue weighted by molar-refractivity contribution is 0.00664. The molecule has 4 nitrogen and oxygen atoms in total. The Morgan fingerprint density at radius 2 is 1.80 bits per heavy atom. The molecule has 1 fully saturated rings. The lowest BCUT2D eigenvalue weighted by atomic mass is 10.1. The second-order valence-corrected chi connectivity index (χ2v) is 7.98. The summed E-state index contributed by atoms with van der Waals surface area (Å²) in [5.41, 5.74) is -0.672. The molecule has 4 heteroatoms. The van der Waals surface area contributed by atoms with Crippen molar-refractivity contribution in [3.63, 3.8) is 0 Å². The molecule has 0 spiro atoms. The Morgan fingerprint density at radius 1 is 1.25 bits per heavy atom. The third-order valence-corrected chi connectivity index (χ3v) is 3.62. The van der Waals surface area contributed by atoms with Gasteiger partial charge in [0.05, 0.1) is 0 Å². The lowest BCUT2D eigenvalue weighted by Gasteiger charge is -2.37. The molecule has 0 aromatic carbocycles. The fraction of sp³-hybridized carbons (Fsp3) is 0.938. The van der Waals surface area contributed by atoms with Crippen molar-refractivity contribution in [2.45, 2.75) is 66.0 Å². The number of nitrogens with one attached hydrogen (secondary N) is 1. The number of hydrogen-bond donors (Lipinski definition) is 1. The Balaban J connectivity index is 2.41. The van der Waals surface area contributed by atoms with E-state index in [4.69, 9.17) is 4.74 Å². The summed E-state index contributed by atoms with van der Waals surface area (Å²) in [6.45, 7) is 16.7. The van der Waals surface area contributed by atoms with Crippen LogP contribution >= 0.6 is 0 Å². The predicted octanol–water partition coefficient (Wildman–Crippen LogP) is 3.27. The van der Waals surface area contributed by atoms with Crippen LogP contribution in [0.3, 0.4) is 0 Å². The van der Waals surface area contributed by atoms with E-state index in [-0.39, 0.29) is 11.6 Å². The van der Waals surface area contributed by atoms with Gasteiger partial charge in [-0.3, -0.25) is 0 Å². The quantitative estimate of drug-likeness (QED) is 0.788. The average Bonchev–Trinajstić information content (AvgIpc) is 2.89. The SMILES string of the molecule is CC1CC1CNCCN(C(=O)OC(C)(C)C)C(C)(C)C. The first-order chi connectivity index (χ1) is 9.00. The number of amides is 1. The van der Waals surface area contributed by atoms with Gasteiger partial charge in [0.15, 0.2) is 0 Å². The fourth-order valence-electron chi connectivity index (χ4n) is 2.18. The van der Waals surface area contributed by atoms with Crippen LogP contribution in [0.25, 0.3) is 0 Å². The van der Waals surface area contributed by atoms with E-state index in [1.54, 1.807) is 0 Å². The zero-order chi connectivity index (χ0) is 15.6. The first-order valence-electron chi connectivity index (χ1n) is 7.72. The van der Waals surface area contributed by atoms with Gasteiger partial charge in [-0.1, -0.05) is 6.92 Å². The molecule has 2 atom stereocenters. The lowest BCUT2D eigenvalue weighted by Crippen LogP contribution is -2.50. The third-order valence-electron chi connectivity index (χ3n) is 3.62. The summed E-state index contributed by atoms with van der Waals surface area (Å²) >= 11 is 0. The minimum Gasteiger partial charge on any atom is -0.444 e. The number of carbonyl (C=O) groups excluding carboxylic acids is 1. The zero-order valence-electron chi connectivity index (χ0n) is 14.2. The topological polar surface area (TPSA) is 41.6 Å². The Bertz CT molecular complexity index is 328. The molecule has 0 heterocycles. The van der Waals surface area contributed by atoms with E-state index >= 15 is 0 Å². The van der Waals surface area contributed by atoms with E-state index in [9.17, 15) is 4.79 Å². The van der Waals surface area contributed by atoms with Gasteiger partial charge in [-0.15, -0.1) is 0 Å². The fourth-order valence-corrected chi connectivity index (χ4v) is 2.18. The summed E-state index contributed by atoms with van der Waals surface area (Å²) < 4.78 is 5.49. The highest BCUT2D eigenvalue weighted by Gasteiger charge is 2.32. The van der Waals surface area contributed by atoms with Crippen molar-refractivity contribution in [1.29, 1.82) is 0 Å². The molecule has 1 saturated carbocycles. The second-order valence-electron chi connectivity index (χ2n) is 7.98. The predicted molar refractivity (Wildman–Crippen MR) is 82.8 cm³/mol. The van der Waals surface area contributed by atoms with Crippen LogP contribution in [0.1, 0.15) is 54.9 Å². The molecule has 0 saturated heterocycles. The van der Waals surface area contributed by atoms with E-state index in [0.29, 0.717) is 6.54 Å². The van der Waals surface area contributed by atoms with Crippen molar-refractivity contribution in [3.05, 3.63) is 0 Å². The molecular formula is C16H32N2O2. The maximum atomic E-state index is 12.3. The molecule has 20 heavy (non-hydrogen) atoms. The molecule has 0 bridgehead atoms.